The van der Waals surface area contributed by atoms with Gasteiger partial charge in [-0.2, -0.15) is 0 Å². The van der Waals surface area contributed by atoms with E-state index in [-0.39, 0.29) is 22.7 Å². The Morgan fingerprint density at radius 3 is 1.82 bits per heavy atom. The molecule has 1 aliphatic heterocycles. The lowest BCUT2D eigenvalue weighted by atomic mass is 9.72. The van der Waals surface area contributed by atoms with Gasteiger partial charge in [0.1, 0.15) is 6.04 Å². The Labute approximate surface area is 223 Å². The molecular weight excluding hydrogens is 500 g/mol. The third-order valence-corrected chi connectivity index (χ3v) is 9.43. The molecule has 2 aliphatic rings. The van der Waals surface area contributed by atoms with Gasteiger partial charge in [-0.1, -0.05) is 77.4 Å². The first-order valence-corrected chi connectivity index (χ1v) is 14.2. The number of rotatable bonds is 5. The van der Waals surface area contributed by atoms with Crippen LogP contribution in [0.25, 0.3) is 0 Å². The van der Waals surface area contributed by atoms with Gasteiger partial charge in [0, 0.05) is 22.6 Å². The van der Waals surface area contributed by atoms with Crippen LogP contribution in [0, 0.1) is 30.9 Å². The summed E-state index contributed by atoms with van der Waals surface area (Å²) in [4.78, 5) is 26.1. The van der Waals surface area contributed by atoms with Crippen molar-refractivity contribution in [1.82, 2.24) is 4.31 Å². The van der Waals surface area contributed by atoms with Crippen molar-refractivity contribution in [3.8, 4) is 0 Å². The number of hydrogen-bond acceptors (Lipinski definition) is 5. The lowest BCUT2D eigenvalue weighted by molar-refractivity contribution is -0.534. The van der Waals surface area contributed by atoms with E-state index < -0.39 is 32.9 Å². The van der Waals surface area contributed by atoms with E-state index in [0.29, 0.717) is 29.7 Å². The molecule has 1 aliphatic carbocycles. The summed E-state index contributed by atoms with van der Waals surface area (Å²) in [5.41, 5.74) is 4.63. The van der Waals surface area contributed by atoms with Crippen molar-refractivity contribution < 1.29 is 18.1 Å². The Morgan fingerprint density at radius 1 is 0.789 bits per heavy atom. The van der Waals surface area contributed by atoms with Gasteiger partial charge in [-0.15, -0.1) is 0 Å². The molecule has 3 aromatic carbocycles. The number of carbonyl (C=O) groups excluding carboxylic acids is 1. The number of nitro groups is 1. The van der Waals surface area contributed by atoms with Crippen molar-refractivity contribution in [1.29, 1.82) is 0 Å². The lowest BCUT2D eigenvalue weighted by Gasteiger charge is -2.45. The van der Waals surface area contributed by atoms with E-state index in [1.54, 1.807) is 24.3 Å². The van der Waals surface area contributed by atoms with Gasteiger partial charge in [0.05, 0.1) is 10.8 Å². The fourth-order valence-corrected chi connectivity index (χ4v) is 7.41. The summed E-state index contributed by atoms with van der Waals surface area (Å²) in [5.74, 6) is -1.10. The SMILES string of the molecule is Cc1ccc([C@@H]2[C@@H]([N+](=O)[O-])[C@H](c3ccc(C)cc3)C3=C(CCCC3=O)N2S(=O)(=O)c2ccc(C)cc2)cc1. The third kappa shape index (κ3) is 4.43. The lowest BCUT2D eigenvalue weighted by Crippen LogP contribution is -2.52. The molecule has 1 heterocycles. The Bertz CT molecular complexity index is 1520. The molecule has 0 aromatic heterocycles. The number of Topliss-reactive ketones (excluding diaryl/α,β-unsaturated/α-hetero) is 1. The van der Waals surface area contributed by atoms with Crippen LogP contribution in [0.5, 0.6) is 0 Å². The normalized spacial score (nSPS) is 21.8. The van der Waals surface area contributed by atoms with Crippen LogP contribution in [-0.2, 0) is 14.8 Å². The molecule has 0 bridgehead atoms. The van der Waals surface area contributed by atoms with Gasteiger partial charge in [0.25, 0.3) is 10.0 Å². The van der Waals surface area contributed by atoms with Gasteiger partial charge < -0.3 is 0 Å². The molecule has 8 heteroatoms. The number of nitrogens with zero attached hydrogens (tertiary/aromatic N) is 2. The van der Waals surface area contributed by atoms with E-state index >= 15 is 0 Å². The van der Waals surface area contributed by atoms with E-state index in [2.05, 4.69) is 0 Å². The molecule has 0 N–H and O–H groups in total. The Kier molecular flexibility index (Phi) is 6.69. The fraction of sp³-hybridized carbons (Fsp3) is 0.300. The van der Waals surface area contributed by atoms with Gasteiger partial charge in [0.15, 0.2) is 5.78 Å². The molecule has 0 spiro atoms. The minimum Gasteiger partial charge on any atom is -0.294 e. The van der Waals surface area contributed by atoms with Crippen LogP contribution >= 0.6 is 0 Å². The Morgan fingerprint density at radius 2 is 1.29 bits per heavy atom. The van der Waals surface area contributed by atoms with E-state index in [9.17, 15) is 23.3 Å². The second-order valence-corrected chi connectivity index (χ2v) is 12.1. The minimum atomic E-state index is -4.24. The van der Waals surface area contributed by atoms with Crippen molar-refractivity contribution in [2.45, 2.75) is 62.9 Å². The van der Waals surface area contributed by atoms with Crippen LogP contribution in [0.2, 0.25) is 0 Å². The number of hydrogen-bond donors (Lipinski definition) is 0. The molecule has 38 heavy (non-hydrogen) atoms. The first-order valence-electron chi connectivity index (χ1n) is 12.7. The zero-order valence-electron chi connectivity index (χ0n) is 21.6. The van der Waals surface area contributed by atoms with Gasteiger partial charge >= 0.3 is 0 Å². The van der Waals surface area contributed by atoms with Crippen LogP contribution in [0.4, 0.5) is 0 Å². The molecule has 3 aromatic rings. The highest BCUT2D eigenvalue weighted by molar-refractivity contribution is 7.89. The summed E-state index contributed by atoms with van der Waals surface area (Å²) >= 11 is 0. The zero-order chi connectivity index (χ0) is 27.2. The van der Waals surface area contributed by atoms with Crippen molar-refractivity contribution in [2.24, 2.45) is 0 Å². The van der Waals surface area contributed by atoms with E-state index in [1.807, 2.05) is 57.2 Å². The average Bonchev–Trinajstić information content (AvgIpc) is 2.88. The van der Waals surface area contributed by atoms with Crippen molar-refractivity contribution in [2.75, 3.05) is 0 Å². The predicted molar refractivity (Wildman–Crippen MR) is 145 cm³/mol. The summed E-state index contributed by atoms with van der Waals surface area (Å²) in [7, 11) is -4.24. The number of sulfonamides is 1. The summed E-state index contributed by atoms with van der Waals surface area (Å²) in [6.45, 7) is 5.70. The highest BCUT2D eigenvalue weighted by atomic mass is 32.2. The molecule has 7 nitrogen and oxygen atoms in total. The van der Waals surface area contributed by atoms with Gasteiger partial charge in [0.2, 0.25) is 6.04 Å². The second-order valence-electron chi connectivity index (χ2n) is 10.3. The maximum absolute atomic E-state index is 14.3. The molecule has 0 saturated heterocycles. The molecule has 5 rings (SSSR count). The quantitative estimate of drug-likeness (QED) is 0.307. The maximum Gasteiger partial charge on any atom is 0.264 e. The molecule has 3 atom stereocenters. The zero-order valence-corrected chi connectivity index (χ0v) is 22.4. The second kappa shape index (κ2) is 9.83. The van der Waals surface area contributed by atoms with Crippen LogP contribution < -0.4 is 0 Å². The molecule has 0 radical (unpaired) electrons. The molecule has 0 saturated carbocycles. The summed E-state index contributed by atoms with van der Waals surface area (Å²) in [6, 6.07) is 18.5. The number of benzene rings is 3. The van der Waals surface area contributed by atoms with Crippen LogP contribution in [-0.4, -0.2) is 29.5 Å². The number of ketones is 1. The maximum atomic E-state index is 14.3. The van der Waals surface area contributed by atoms with Crippen molar-refractivity contribution in [3.63, 3.8) is 0 Å². The van der Waals surface area contributed by atoms with E-state index in [0.717, 1.165) is 16.7 Å². The van der Waals surface area contributed by atoms with Gasteiger partial charge in [-0.3, -0.25) is 19.2 Å². The summed E-state index contributed by atoms with van der Waals surface area (Å²) in [5, 5.41) is 12.9. The van der Waals surface area contributed by atoms with Gasteiger partial charge in [-0.25, -0.2) is 8.42 Å². The predicted octanol–water partition coefficient (Wildman–Crippen LogP) is 5.79. The molecule has 0 fully saturated rings. The number of aryl methyl sites for hydroxylation is 3. The fourth-order valence-electron chi connectivity index (χ4n) is 5.68. The first-order chi connectivity index (χ1) is 18.1. The first kappa shape index (κ1) is 25.9. The largest absolute Gasteiger partial charge is 0.294 e. The van der Waals surface area contributed by atoms with Crippen molar-refractivity contribution in [3.05, 3.63) is 122 Å². The monoisotopic (exact) mass is 530 g/mol. The highest BCUT2D eigenvalue weighted by Gasteiger charge is 2.56. The van der Waals surface area contributed by atoms with Gasteiger partial charge in [-0.05, 0) is 56.9 Å². The highest BCUT2D eigenvalue weighted by Crippen LogP contribution is 2.51. The van der Waals surface area contributed by atoms with E-state index in [1.165, 1.54) is 16.4 Å². The molecule has 0 amide bonds. The van der Waals surface area contributed by atoms with Crippen LogP contribution in [0.1, 0.15) is 59.0 Å². The smallest absolute Gasteiger partial charge is 0.264 e. The topological polar surface area (TPSA) is 97.6 Å². The summed E-state index contributed by atoms with van der Waals surface area (Å²) in [6.07, 6.45) is 1.07. The molecule has 0 unspecified atom stereocenters. The average molecular weight is 531 g/mol. The van der Waals surface area contributed by atoms with Crippen LogP contribution in [0.15, 0.2) is 89.0 Å². The molecular formula is C30H30N2O5S. The standard InChI is InChI=1S/C30H30N2O5S/c1-19-7-13-22(14-8-19)27-28-25(5-4-6-26(28)33)31(38(36,37)24-17-11-21(3)12-18-24)29(30(27)32(34)35)23-15-9-20(2)10-16-23/h7-18,27,29-30H,4-6H2,1-3H3/t27-,29-,30+/m1/s1. The minimum absolute atomic E-state index is 0.0426. The van der Waals surface area contributed by atoms with Crippen LogP contribution in [0.3, 0.4) is 0 Å². The van der Waals surface area contributed by atoms with Crippen molar-refractivity contribution >= 4 is 15.8 Å². The Hall–Kier alpha value is -3.78. The van der Waals surface area contributed by atoms with E-state index in [4.69, 9.17) is 0 Å². The number of carbonyl (C=O) groups is 1. The number of allylic oxidation sites excluding steroid dienone is 1. The summed E-state index contributed by atoms with van der Waals surface area (Å²) < 4.78 is 29.9. The molecule has 196 valence electrons. The Balaban J connectivity index is 1.85. The third-order valence-electron chi connectivity index (χ3n) is 7.60.